The van der Waals surface area contributed by atoms with E-state index in [4.69, 9.17) is 9.47 Å². The van der Waals surface area contributed by atoms with E-state index in [1.165, 1.54) is 22.3 Å². The van der Waals surface area contributed by atoms with Crippen molar-refractivity contribution in [1.82, 2.24) is 10.2 Å². The van der Waals surface area contributed by atoms with E-state index in [0.29, 0.717) is 0 Å². The van der Waals surface area contributed by atoms with Crippen molar-refractivity contribution >= 4 is 0 Å². The molecule has 156 valence electrons. The van der Waals surface area contributed by atoms with Crippen LogP contribution in [0, 0.1) is 0 Å². The normalized spacial score (nSPS) is 15.9. The molecule has 30 heavy (non-hydrogen) atoms. The smallest absolute Gasteiger partial charge is 0.161 e. The molecule has 4 heteroatoms. The molecular weight excluding hydrogens is 372 g/mol. The van der Waals surface area contributed by atoms with Crippen LogP contribution in [0.5, 0.6) is 11.5 Å². The lowest BCUT2D eigenvalue weighted by molar-refractivity contribution is 0.240. The number of nitrogens with zero attached hydrogens (tertiary/aromatic N) is 1. The summed E-state index contributed by atoms with van der Waals surface area (Å²) in [5, 5.41) is 3.52. The molecule has 3 aromatic rings. The van der Waals surface area contributed by atoms with Crippen LogP contribution in [0.3, 0.4) is 0 Å². The molecule has 0 radical (unpaired) electrons. The Labute approximate surface area is 179 Å². The summed E-state index contributed by atoms with van der Waals surface area (Å²) < 4.78 is 11.1. The highest BCUT2D eigenvalue weighted by atomic mass is 16.5. The largest absolute Gasteiger partial charge is 0.493 e. The van der Waals surface area contributed by atoms with E-state index in [0.717, 1.165) is 44.1 Å². The fourth-order valence-electron chi connectivity index (χ4n) is 4.25. The average molecular weight is 403 g/mol. The van der Waals surface area contributed by atoms with Crippen molar-refractivity contribution in [2.24, 2.45) is 0 Å². The predicted octanol–water partition coefficient (Wildman–Crippen LogP) is 4.76. The summed E-state index contributed by atoms with van der Waals surface area (Å²) in [7, 11) is 3.37. The lowest BCUT2D eigenvalue weighted by Crippen LogP contribution is -2.33. The van der Waals surface area contributed by atoms with Gasteiger partial charge in [0.15, 0.2) is 11.5 Å². The molecule has 0 bridgehead atoms. The van der Waals surface area contributed by atoms with Gasteiger partial charge in [0, 0.05) is 19.6 Å². The number of benzene rings is 3. The van der Waals surface area contributed by atoms with E-state index < -0.39 is 0 Å². The fourth-order valence-corrected chi connectivity index (χ4v) is 4.25. The summed E-state index contributed by atoms with van der Waals surface area (Å²) in [6.45, 7) is 4.15. The van der Waals surface area contributed by atoms with Crippen LogP contribution in [0.25, 0.3) is 11.1 Å². The van der Waals surface area contributed by atoms with Gasteiger partial charge in [0.2, 0.25) is 0 Å². The Hall–Kier alpha value is -2.82. The minimum atomic E-state index is 0.175. The molecule has 1 aliphatic heterocycles. The molecule has 1 saturated heterocycles. The predicted molar refractivity (Wildman–Crippen MR) is 122 cm³/mol. The molecule has 0 aliphatic carbocycles. The van der Waals surface area contributed by atoms with Crippen molar-refractivity contribution in [2.75, 3.05) is 40.4 Å². The Bertz CT molecular complexity index is 933. The summed E-state index contributed by atoms with van der Waals surface area (Å²) in [5.41, 5.74) is 5.00. The van der Waals surface area contributed by atoms with Gasteiger partial charge in [-0.3, -0.25) is 4.90 Å². The minimum absolute atomic E-state index is 0.175. The van der Waals surface area contributed by atoms with Gasteiger partial charge in [-0.2, -0.15) is 0 Å². The van der Waals surface area contributed by atoms with Gasteiger partial charge in [0.25, 0.3) is 0 Å². The van der Waals surface area contributed by atoms with Gasteiger partial charge < -0.3 is 14.8 Å². The first-order valence-electron chi connectivity index (χ1n) is 10.6. The van der Waals surface area contributed by atoms with Gasteiger partial charge in [0.1, 0.15) is 0 Å². The second-order valence-corrected chi connectivity index (χ2v) is 7.64. The van der Waals surface area contributed by atoms with Crippen LogP contribution in [0.4, 0.5) is 0 Å². The zero-order chi connectivity index (χ0) is 20.8. The number of methoxy groups -OCH3 is 2. The summed E-state index contributed by atoms with van der Waals surface area (Å²) >= 11 is 0. The summed E-state index contributed by atoms with van der Waals surface area (Å²) in [4.78, 5) is 2.57. The van der Waals surface area contributed by atoms with Crippen LogP contribution < -0.4 is 14.8 Å². The molecule has 0 amide bonds. The molecule has 3 aromatic carbocycles. The van der Waals surface area contributed by atoms with Crippen LogP contribution >= 0.6 is 0 Å². The highest BCUT2D eigenvalue weighted by molar-refractivity contribution is 5.63. The van der Waals surface area contributed by atoms with Gasteiger partial charge in [-0.05, 0) is 47.4 Å². The number of nitrogens with one attached hydrogen (secondary N) is 1. The maximum atomic E-state index is 5.60. The monoisotopic (exact) mass is 402 g/mol. The molecule has 0 saturated carbocycles. The van der Waals surface area contributed by atoms with Crippen molar-refractivity contribution in [1.29, 1.82) is 0 Å². The van der Waals surface area contributed by atoms with Crippen LogP contribution in [0.2, 0.25) is 0 Å². The first-order valence-corrected chi connectivity index (χ1v) is 10.6. The number of rotatable bonds is 6. The topological polar surface area (TPSA) is 33.7 Å². The minimum Gasteiger partial charge on any atom is -0.493 e. The Morgan fingerprint density at radius 3 is 2.17 bits per heavy atom. The van der Waals surface area contributed by atoms with Crippen LogP contribution in [-0.2, 0) is 0 Å². The average Bonchev–Trinajstić information content (AvgIpc) is 3.09. The number of hydrogen-bond acceptors (Lipinski definition) is 4. The van der Waals surface area contributed by atoms with Gasteiger partial charge >= 0.3 is 0 Å². The van der Waals surface area contributed by atoms with E-state index in [-0.39, 0.29) is 6.04 Å². The van der Waals surface area contributed by atoms with Gasteiger partial charge in [-0.25, -0.2) is 0 Å². The van der Waals surface area contributed by atoms with E-state index >= 15 is 0 Å². The Balaban J connectivity index is 1.72. The van der Waals surface area contributed by atoms with Crippen LogP contribution in [0.15, 0.2) is 72.8 Å². The lowest BCUT2D eigenvalue weighted by atomic mass is 9.94. The fraction of sp³-hybridized carbons (Fsp3) is 0.308. The van der Waals surface area contributed by atoms with Gasteiger partial charge in [-0.1, -0.05) is 60.7 Å². The number of ether oxygens (including phenoxy) is 2. The third-order valence-electron chi connectivity index (χ3n) is 5.80. The second-order valence-electron chi connectivity index (χ2n) is 7.64. The van der Waals surface area contributed by atoms with E-state index in [1.807, 2.05) is 6.07 Å². The van der Waals surface area contributed by atoms with Crippen molar-refractivity contribution in [3.63, 3.8) is 0 Å². The third kappa shape index (κ3) is 4.50. The highest BCUT2D eigenvalue weighted by Gasteiger charge is 2.24. The highest BCUT2D eigenvalue weighted by Crippen LogP contribution is 2.36. The second kappa shape index (κ2) is 9.79. The Morgan fingerprint density at radius 2 is 1.43 bits per heavy atom. The van der Waals surface area contributed by atoms with Crippen molar-refractivity contribution in [2.45, 2.75) is 12.5 Å². The van der Waals surface area contributed by atoms with Crippen LogP contribution in [-0.4, -0.2) is 45.3 Å². The molecule has 1 unspecified atom stereocenters. The van der Waals surface area contributed by atoms with Crippen molar-refractivity contribution in [3.8, 4) is 22.6 Å². The first-order chi connectivity index (χ1) is 14.8. The summed E-state index contributed by atoms with van der Waals surface area (Å²) in [6.07, 6.45) is 1.14. The Kier molecular flexibility index (Phi) is 6.67. The van der Waals surface area contributed by atoms with E-state index in [1.54, 1.807) is 14.2 Å². The third-order valence-corrected chi connectivity index (χ3v) is 5.80. The SMILES string of the molecule is COc1ccc(C(c2ccc(-c3ccccc3)cc2)N2CCCNCC2)cc1OC. The standard InChI is InChI=1S/C26H30N2O2/c1-29-24-14-13-23(19-25(24)30-2)26(28-17-6-15-27-16-18-28)22-11-9-21(10-12-22)20-7-4-3-5-8-20/h3-5,7-14,19,26-27H,6,15-18H2,1-2H3. The zero-order valence-corrected chi connectivity index (χ0v) is 17.8. The van der Waals surface area contributed by atoms with Gasteiger partial charge in [0.05, 0.1) is 20.3 Å². The van der Waals surface area contributed by atoms with E-state index in [2.05, 4.69) is 76.9 Å². The molecule has 0 aromatic heterocycles. The molecule has 0 spiro atoms. The molecule has 1 heterocycles. The maximum absolute atomic E-state index is 5.60. The molecule has 1 N–H and O–H groups in total. The van der Waals surface area contributed by atoms with Crippen LogP contribution in [0.1, 0.15) is 23.6 Å². The molecule has 4 nitrogen and oxygen atoms in total. The van der Waals surface area contributed by atoms with E-state index in [9.17, 15) is 0 Å². The quantitative estimate of drug-likeness (QED) is 0.645. The maximum Gasteiger partial charge on any atom is 0.161 e. The molecule has 1 fully saturated rings. The van der Waals surface area contributed by atoms with Gasteiger partial charge in [-0.15, -0.1) is 0 Å². The lowest BCUT2D eigenvalue weighted by Gasteiger charge is -2.32. The first kappa shape index (κ1) is 20.5. The van der Waals surface area contributed by atoms with Crippen molar-refractivity contribution < 1.29 is 9.47 Å². The molecular formula is C26H30N2O2. The molecule has 4 rings (SSSR count). The summed E-state index contributed by atoms with van der Waals surface area (Å²) in [6, 6.07) is 26.0. The van der Waals surface area contributed by atoms with Crippen molar-refractivity contribution in [3.05, 3.63) is 83.9 Å². The number of hydrogen-bond donors (Lipinski definition) is 1. The zero-order valence-electron chi connectivity index (χ0n) is 17.8. The Morgan fingerprint density at radius 1 is 0.733 bits per heavy atom. The molecule has 1 atom stereocenters. The summed E-state index contributed by atoms with van der Waals surface area (Å²) in [5.74, 6) is 1.53. The molecule has 1 aliphatic rings.